The van der Waals surface area contributed by atoms with Crippen LogP contribution in [0.25, 0.3) is 0 Å². The Bertz CT molecular complexity index is 745. The molecule has 0 aromatic heterocycles. The second-order valence-corrected chi connectivity index (χ2v) is 5.48. The van der Waals surface area contributed by atoms with Crippen molar-refractivity contribution in [2.75, 3.05) is 11.9 Å². The topological polar surface area (TPSA) is 81.5 Å². The van der Waals surface area contributed by atoms with Crippen molar-refractivity contribution in [3.05, 3.63) is 62.1 Å². The summed E-state index contributed by atoms with van der Waals surface area (Å²) >= 11 is 11.9. The first kappa shape index (κ1) is 17.1. The standard InChI is InChI=1S/C15H12Cl2N2O4/c1-9-5-6-12(13(7-9)19(21)22)18-14(20)8-23-15-10(16)3-2-4-11(15)17/h2-7H,8H2,1H3,(H,18,20). The molecule has 2 aromatic carbocycles. The average molecular weight is 355 g/mol. The van der Waals surface area contributed by atoms with Gasteiger partial charge in [-0.05, 0) is 30.7 Å². The Balaban J connectivity index is 2.07. The van der Waals surface area contributed by atoms with Gasteiger partial charge in [-0.1, -0.05) is 35.3 Å². The minimum absolute atomic E-state index is 0.0967. The first-order valence-corrected chi connectivity index (χ1v) is 7.26. The second-order valence-electron chi connectivity index (χ2n) is 4.67. The number of anilines is 1. The molecule has 0 aliphatic carbocycles. The van der Waals surface area contributed by atoms with Gasteiger partial charge in [0.25, 0.3) is 11.6 Å². The Morgan fingerprint density at radius 1 is 1.26 bits per heavy atom. The van der Waals surface area contributed by atoms with Crippen LogP contribution in [0.1, 0.15) is 5.56 Å². The van der Waals surface area contributed by atoms with Crippen LogP contribution >= 0.6 is 23.2 Å². The van der Waals surface area contributed by atoms with Crippen LogP contribution in [0.5, 0.6) is 5.75 Å². The Morgan fingerprint density at radius 2 is 1.91 bits per heavy atom. The van der Waals surface area contributed by atoms with E-state index in [-0.39, 0.29) is 33.8 Å². The number of ether oxygens (including phenoxy) is 1. The number of hydrogen-bond donors (Lipinski definition) is 1. The third-order valence-corrected chi connectivity index (χ3v) is 3.49. The maximum Gasteiger partial charge on any atom is 0.293 e. The van der Waals surface area contributed by atoms with Crippen molar-refractivity contribution in [3.63, 3.8) is 0 Å². The van der Waals surface area contributed by atoms with Crippen LogP contribution in [0, 0.1) is 17.0 Å². The summed E-state index contributed by atoms with van der Waals surface area (Å²) < 4.78 is 5.28. The van der Waals surface area contributed by atoms with E-state index in [2.05, 4.69) is 5.32 Å². The minimum Gasteiger partial charge on any atom is -0.481 e. The van der Waals surface area contributed by atoms with Gasteiger partial charge in [0.1, 0.15) is 5.69 Å². The number of nitrogens with zero attached hydrogens (tertiary/aromatic N) is 1. The van der Waals surface area contributed by atoms with E-state index in [4.69, 9.17) is 27.9 Å². The van der Waals surface area contributed by atoms with Crippen molar-refractivity contribution in [2.24, 2.45) is 0 Å². The van der Waals surface area contributed by atoms with Crippen molar-refractivity contribution in [2.45, 2.75) is 6.92 Å². The highest BCUT2D eigenvalue weighted by molar-refractivity contribution is 6.37. The molecule has 0 saturated carbocycles. The lowest BCUT2D eigenvalue weighted by molar-refractivity contribution is -0.384. The fourth-order valence-corrected chi connectivity index (χ4v) is 2.35. The van der Waals surface area contributed by atoms with Crippen LogP contribution in [-0.2, 0) is 4.79 Å². The van der Waals surface area contributed by atoms with E-state index in [1.54, 1.807) is 31.2 Å². The van der Waals surface area contributed by atoms with E-state index >= 15 is 0 Å². The number of carbonyl (C=O) groups is 1. The van der Waals surface area contributed by atoms with E-state index in [1.807, 2.05) is 0 Å². The molecule has 0 aliphatic heterocycles. The van der Waals surface area contributed by atoms with E-state index in [1.165, 1.54) is 12.1 Å². The third-order valence-electron chi connectivity index (χ3n) is 2.89. The average Bonchev–Trinajstić information content (AvgIpc) is 2.48. The van der Waals surface area contributed by atoms with Crippen molar-refractivity contribution in [3.8, 4) is 5.75 Å². The Kier molecular flexibility index (Phi) is 5.41. The SMILES string of the molecule is Cc1ccc(NC(=O)COc2c(Cl)cccc2Cl)c([N+](=O)[O-])c1. The van der Waals surface area contributed by atoms with Gasteiger partial charge in [0, 0.05) is 6.07 Å². The zero-order valence-corrected chi connectivity index (χ0v) is 13.5. The summed E-state index contributed by atoms with van der Waals surface area (Å²) in [5, 5.41) is 14.0. The Labute approximate surface area is 142 Å². The van der Waals surface area contributed by atoms with Crippen molar-refractivity contribution in [1.82, 2.24) is 0 Å². The fraction of sp³-hybridized carbons (Fsp3) is 0.133. The summed E-state index contributed by atoms with van der Waals surface area (Å²) in [5.41, 5.74) is 0.627. The molecule has 0 fully saturated rings. The predicted molar refractivity (Wildman–Crippen MR) is 88.4 cm³/mol. The normalized spacial score (nSPS) is 10.2. The molecule has 0 unspecified atom stereocenters. The molecule has 0 saturated heterocycles. The van der Waals surface area contributed by atoms with Gasteiger partial charge in [-0.15, -0.1) is 0 Å². The van der Waals surface area contributed by atoms with Gasteiger partial charge >= 0.3 is 0 Å². The molecule has 0 bridgehead atoms. The molecule has 6 nitrogen and oxygen atoms in total. The predicted octanol–water partition coefficient (Wildman–Crippen LogP) is 4.23. The maximum absolute atomic E-state index is 11.9. The monoisotopic (exact) mass is 354 g/mol. The second kappa shape index (κ2) is 7.30. The number of benzene rings is 2. The van der Waals surface area contributed by atoms with Gasteiger partial charge in [0.15, 0.2) is 12.4 Å². The molecule has 0 heterocycles. The first-order chi connectivity index (χ1) is 10.9. The third kappa shape index (κ3) is 4.34. The highest BCUT2D eigenvalue weighted by Gasteiger charge is 2.17. The molecular weight excluding hydrogens is 343 g/mol. The summed E-state index contributed by atoms with van der Waals surface area (Å²) in [4.78, 5) is 22.4. The largest absolute Gasteiger partial charge is 0.481 e. The first-order valence-electron chi connectivity index (χ1n) is 6.50. The summed E-state index contributed by atoms with van der Waals surface area (Å²) in [6.07, 6.45) is 0. The number of nitro benzene ring substituents is 1. The van der Waals surface area contributed by atoms with E-state index < -0.39 is 10.8 Å². The van der Waals surface area contributed by atoms with Crippen LogP contribution in [0.4, 0.5) is 11.4 Å². The smallest absolute Gasteiger partial charge is 0.293 e. The minimum atomic E-state index is -0.562. The van der Waals surface area contributed by atoms with Crippen molar-refractivity contribution < 1.29 is 14.5 Å². The summed E-state index contributed by atoms with van der Waals surface area (Å²) in [5.74, 6) is -0.377. The molecular formula is C15H12Cl2N2O4. The Morgan fingerprint density at radius 3 is 2.52 bits per heavy atom. The number of nitrogens with one attached hydrogen (secondary N) is 1. The van der Waals surface area contributed by atoms with Gasteiger partial charge in [-0.3, -0.25) is 14.9 Å². The molecule has 23 heavy (non-hydrogen) atoms. The maximum atomic E-state index is 11.9. The van der Waals surface area contributed by atoms with Crippen LogP contribution < -0.4 is 10.1 Å². The highest BCUT2D eigenvalue weighted by atomic mass is 35.5. The molecule has 0 radical (unpaired) electrons. The summed E-state index contributed by atoms with van der Waals surface area (Å²) in [6, 6.07) is 9.30. The van der Waals surface area contributed by atoms with Crippen LogP contribution in [-0.4, -0.2) is 17.4 Å². The summed E-state index contributed by atoms with van der Waals surface area (Å²) in [7, 11) is 0. The number of carbonyl (C=O) groups excluding carboxylic acids is 1. The highest BCUT2D eigenvalue weighted by Crippen LogP contribution is 2.32. The van der Waals surface area contributed by atoms with Gasteiger partial charge in [0.05, 0.1) is 15.0 Å². The molecule has 8 heteroatoms. The molecule has 1 amide bonds. The molecule has 0 aliphatic rings. The number of nitro groups is 1. The van der Waals surface area contributed by atoms with Gasteiger partial charge in [-0.25, -0.2) is 0 Å². The number of aryl methyl sites for hydroxylation is 1. The van der Waals surface area contributed by atoms with Gasteiger partial charge in [-0.2, -0.15) is 0 Å². The summed E-state index contributed by atoms with van der Waals surface area (Å²) in [6.45, 7) is 1.34. The number of amides is 1. The van der Waals surface area contributed by atoms with Crippen LogP contribution in [0.15, 0.2) is 36.4 Å². The van der Waals surface area contributed by atoms with Crippen molar-refractivity contribution >= 4 is 40.5 Å². The fourth-order valence-electron chi connectivity index (χ4n) is 1.84. The van der Waals surface area contributed by atoms with Crippen LogP contribution in [0.2, 0.25) is 10.0 Å². The number of hydrogen-bond acceptors (Lipinski definition) is 4. The number of para-hydroxylation sites is 1. The lowest BCUT2D eigenvalue weighted by Gasteiger charge is -2.10. The molecule has 1 N–H and O–H groups in total. The lowest BCUT2D eigenvalue weighted by Crippen LogP contribution is -2.21. The van der Waals surface area contributed by atoms with E-state index in [9.17, 15) is 14.9 Å². The molecule has 0 atom stereocenters. The zero-order valence-electron chi connectivity index (χ0n) is 12.0. The molecule has 2 aromatic rings. The van der Waals surface area contributed by atoms with E-state index in [0.29, 0.717) is 5.56 Å². The number of halogens is 2. The van der Waals surface area contributed by atoms with Gasteiger partial charge < -0.3 is 10.1 Å². The quantitative estimate of drug-likeness (QED) is 0.643. The lowest BCUT2D eigenvalue weighted by atomic mass is 10.2. The van der Waals surface area contributed by atoms with Crippen molar-refractivity contribution in [1.29, 1.82) is 0 Å². The molecule has 0 spiro atoms. The molecule has 2 rings (SSSR count). The zero-order chi connectivity index (χ0) is 17.0. The Hall–Kier alpha value is -2.31. The van der Waals surface area contributed by atoms with Gasteiger partial charge in [0.2, 0.25) is 0 Å². The van der Waals surface area contributed by atoms with E-state index in [0.717, 1.165) is 0 Å². The molecule has 120 valence electrons. The van der Waals surface area contributed by atoms with Crippen LogP contribution in [0.3, 0.4) is 0 Å². The number of rotatable bonds is 5.